The number of aryl methyl sites for hydroxylation is 2. The van der Waals surface area contributed by atoms with Crippen molar-refractivity contribution < 1.29 is 23.9 Å². The van der Waals surface area contributed by atoms with Gasteiger partial charge in [0, 0.05) is 5.69 Å². The van der Waals surface area contributed by atoms with Crippen LogP contribution in [-0.4, -0.2) is 42.9 Å². The van der Waals surface area contributed by atoms with E-state index < -0.39 is 29.8 Å². The van der Waals surface area contributed by atoms with Gasteiger partial charge in [0.1, 0.15) is 6.04 Å². The number of carbonyl (C=O) groups excluding carboxylic acids is 3. The molecule has 1 fully saturated rings. The average Bonchev–Trinajstić information content (AvgIpc) is 3.16. The van der Waals surface area contributed by atoms with E-state index in [2.05, 4.69) is 0 Å². The molecule has 7 nitrogen and oxygen atoms in total. The first-order valence-electron chi connectivity index (χ1n) is 11.4. The topological polar surface area (TPSA) is 76.2 Å². The molecule has 1 saturated heterocycles. The van der Waals surface area contributed by atoms with Crippen molar-refractivity contribution in [1.82, 2.24) is 4.90 Å². The Balaban J connectivity index is 1.66. The van der Waals surface area contributed by atoms with E-state index in [4.69, 9.17) is 55.9 Å². The predicted molar refractivity (Wildman–Crippen MR) is 146 cm³/mol. The Labute approximate surface area is 238 Å². The lowest BCUT2D eigenvalue weighted by molar-refractivity contribution is -0.130. The number of carbonyl (C=O) groups is 3. The summed E-state index contributed by atoms with van der Waals surface area (Å²) in [5, 5.41) is -0.684. The molecule has 2 atom stereocenters. The number of anilines is 1. The molecule has 0 saturated carbocycles. The molecule has 0 bridgehead atoms. The predicted octanol–water partition coefficient (Wildman–Crippen LogP) is 6.69. The first kappa shape index (κ1) is 26.6. The lowest BCUT2D eigenvalue weighted by Crippen LogP contribution is -2.67. The molecule has 0 aromatic heterocycles. The van der Waals surface area contributed by atoms with Gasteiger partial charge in [-0.25, -0.2) is 0 Å². The number of hydrogen-bond donors (Lipinski definition) is 0. The van der Waals surface area contributed by atoms with Gasteiger partial charge in [0.2, 0.25) is 0 Å². The maximum absolute atomic E-state index is 13.8. The Morgan fingerprint density at radius 3 is 1.76 bits per heavy atom. The van der Waals surface area contributed by atoms with Gasteiger partial charge in [-0.3, -0.25) is 19.3 Å². The second-order valence-corrected chi connectivity index (χ2v) is 10.5. The van der Waals surface area contributed by atoms with E-state index in [9.17, 15) is 14.4 Å². The summed E-state index contributed by atoms with van der Waals surface area (Å²) < 4.78 is 10.8. The van der Waals surface area contributed by atoms with Gasteiger partial charge >= 0.3 is 0 Å². The quantitative estimate of drug-likeness (QED) is 0.143. The van der Waals surface area contributed by atoms with Crippen LogP contribution in [0.15, 0.2) is 36.4 Å². The summed E-state index contributed by atoms with van der Waals surface area (Å²) in [7, 11) is 3.00. The fourth-order valence-corrected chi connectivity index (χ4v) is 5.89. The molecule has 2 aliphatic rings. The second-order valence-electron chi connectivity index (χ2n) is 8.97. The number of hydrogen-bond acceptors (Lipinski definition) is 5. The molecule has 0 N–H and O–H groups in total. The minimum atomic E-state index is -1.19. The molecule has 3 aromatic carbocycles. The van der Waals surface area contributed by atoms with Crippen molar-refractivity contribution in [3.63, 3.8) is 0 Å². The minimum absolute atomic E-state index is 0.145. The van der Waals surface area contributed by atoms with E-state index in [-0.39, 0.29) is 31.2 Å². The van der Waals surface area contributed by atoms with E-state index in [1.54, 1.807) is 23.1 Å². The fraction of sp³-hybridized carbons (Fsp3) is 0.222. The normalized spacial score (nSPS) is 18.6. The average molecular weight is 594 g/mol. The zero-order chi connectivity index (χ0) is 27.6. The molecular formula is C27H20Cl4N2O5. The van der Waals surface area contributed by atoms with Crippen LogP contribution in [0.2, 0.25) is 20.1 Å². The lowest BCUT2D eigenvalue weighted by atomic mass is 9.85. The Kier molecular flexibility index (Phi) is 6.76. The van der Waals surface area contributed by atoms with Crippen LogP contribution in [0, 0.1) is 13.8 Å². The van der Waals surface area contributed by atoms with Crippen LogP contribution >= 0.6 is 46.4 Å². The van der Waals surface area contributed by atoms with Crippen molar-refractivity contribution in [2.75, 3.05) is 19.1 Å². The van der Waals surface area contributed by atoms with Crippen molar-refractivity contribution in [1.29, 1.82) is 0 Å². The number of nitrogens with zero attached hydrogens (tertiary/aromatic N) is 2. The SMILES string of the molecule is COc1ccc([C@@H]2[C@@H](N3C(=O)c4c(Cl)c(Cl)c(Cl)c(Cl)c4C3=O)C(=O)N2c2ccc(C)c(C)c2)cc1OC. The largest absolute Gasteiger partial charge is 0.493 e. The number of rotatable bonds is 5. The highest BCUT2D eigenvalue weighted by Gasteiger charge is 2.58. The van der Waals surface area contributed by atoms with Crippen molar-refractivity contribution in [3.8, 4) is 11.5 Å². The Morgan fingerprint density at radius 2 is 1.24 bits per heavy atom. The summed E-state index contributed by atoms with van der Waals surface area (Å²) in [5.41, 5.74) is 2.91. The summed E-state index contributed by atoms with van der Waals surface area (Å²) in [6.07, 6.45) is 0. The molecule has 0 spiro atoms. The number of benzene rings is 3. The van der Waals surface area contributed by atoms with Gasteiger partial charge in [-0.05, 0) is 54.8 Å². The zero-order valence-electron chi connectivity index (χ0n) is 20.6. The van der Waals surface area contributed by atoms with Crippen LogP contribution in [0.25, 0.3) is 0 Å². The van der Waals surface area contributed by atoms with Crippen LogP contribution < -0.4 is 14.4 Å². The number of halogens is 4. The van der Waals surface area contributed by atoms with Gasteiger partial charge in [0.25, 0.3) is 17.7 Å². The number of β-lactam (4-membered cyclic amide) rings is 1. The molecule has 0 unspecified atom stereocenters. The summed E-state index contributed by atoms with van der Waals surface area (Å²) in [6.45, 7) is 3.90. The van der Waals surface area contributed by atoms with Gasteiger partial charge in [0.15, 0.2) is 11.5 Å². The molecule has 3 aromatic rings. The highest BCUT2D eigenvalue weighted by atomic mass is 35.5. The third-order valence-electron chi connectivity index (χ3n) is 7.00. The first-order valence-corrected chi connectivity index (χ1v) is 12.9. The lowest BCUT2D eigenvalue weighted by Gasteiger charge is -2.50. The monoisotopic (exact) mass is 592 g/mol. The summed E-state index contributed by atoms with van der Waals surface area (Å²) in [6, 6.07) is 8.84. The molecule has 196 valence electrons. The number of amides is 3. The molecule has 2 heterocycles. The number of fused-ring (bicyclic) bond motifs is 1. The second kappa shape index (κ2) is 9.65. The highest BCUT2D eigenvalue weighted by Crippen LogP contribution is 2.50. The van der Waals surface area contributed by atoms with Gasteiger partial charge in [0.05, 0.1) is 51.5 Å². The molecule has 5 rings (SSSR count). The van der Waals surface area contributed by atoms with Crippen molar-refractivity contribution in [3.05, 3.63) is 84.3 Å². The van der Waals surface area contributed by atoms with Crippen LogP contribution in [0.1, 0.15) is 43.4 Å². The number of ether oxygens (including phenoxy) is 2. The standard InChI is InChI=1S/C27H20Cl4N2O5/c1-11-5-7-14(9-12(11)2)32-23(13-6-8-15(37-3)16(10-13)38-4)24(27(32)36)33-25(34)17-18(26(33)35)20(29)22(31)21(30)19(17)28/h5-10,23-24H,1-4H3/t23-,24-/m1/s1. The van der Waals surface area contributed by atoms with E-state index in [1.807, 2.05) is 32.0 Å². The molecule has 38 heavy (non-hydrogen) atoms. The van der Waals surface area contributed by atoms with Crippen LogP contribution in [0.3, 0.4) is 0 Å². The van der Waals surface area contributed by atoms with Crippen LogP contribution in [0.4, 0.5) is 5.69 Å². The molecule has 0 radical (unpaired) electrons. The smallest absolute Gasteiger partial charge is 0.264 e. The third-order valence-corrected chi connectivity index (χ3v) is 8.80. The van der Waals surface area contributed by atoms with E-state index in [0.29, 0.717) is 22.7 Å². The summed E-state index contributed by atoms with van der Waals surface area (Å²) >= 11 is 25.0. The summed E-state index contributed by atoms with van der Waals surface area (Å²) in [4.78, 5) is 43.4. The third kappa shape index (κ3) is 3.75. The van der Waals surface area contributed by atoms with Gasteiger partial charge in [-0.1, -0.05) is 58.5 Å². The van der Waals surface area contributed by atoms with Crippen molar-refractivity contribution in [2.24, 2.45) is 0 Å². The molecule has 2 aliphatic heterocycles. The van der Waals surface area contributed by atoms with E-state index in [1.165, 1.54) is 14.2 Å². The fourth-order valence-electron chi connectivity index (χ4n) is 4.88. The first-order chi connectivity index (χ1) is 18.0. The summed E-state index contributed by atoms with van der Waals surface area (Å²) in [5.74, 6) is -1.10. The van der Waals surface area contributed by atoms with Gasteiger partial charge < -0.3 is 14.4 Å². The van der Waals surface area contributed by atoms with E-state index in [0.717, 1.165) is 16.0 Å². The maximum atomic E-state index is 13.8. The minimum Gasteiger partial charge on any atom is -0.493 e. The van der Waals surface area contributed by atoms with Crippen LogP contribution in [-0.2, 0) is 4.79 Å². The Morgan fingerprint density at radius 1 is 0.658 bits per heavy atom. The zero-order valence-corrected chi connectivity index (χ0v) is 23.6. The van der Waals surface area contributed by atoms with Crippen molar-refractivity contribution in [2.45, 2.75) is 25.9 Å². The van der Waals surface area contributed by atoms with Crippen LogP contribution in [0.5, 0.6) is 11.5 Å². The Bertz CT molecular complexity index is 1510. The Hall–Kier alpha value is -2.97. The van der Waals surface area contributed by atoms with Gasteiger partial charge in [-0.2, -0.15) is 0 Å². The molecule has 3 amide bonds. The maximum Gasteiger partial charge on any atom is 0.264 e. The molecular weight excluding hydrogens is 574 g/mol. The number of methoxy groups -OCH3 is 2. The number of imide groups is 1. The van der Waals surface area contributed by atoms with Crippen molar-refractivity contribution >= 4 is 69.8 Å². The van der Waals surface area contributed by atoms with E-state index >= 15 is 0 Å². The molecule has 11 heteroatoms. The highest BCUT2D eigenvalue weighted by molar-refractivity contribution is 6.55. The molecule has 0 aliphatic carbocycles. The van der Waals surface area contributed by atoms with Gasteiger partial charge in [-0.15, -0.1) is 0 Å².